The van der Waals surface area contributed by atoms with Gasteiger partial charge in [-0.25, -0.2) is 4.98 Å². The lowest BCUT2D eigenvalue weighted by molar-refractivity contribution is 0.0985. The minimum Gasteiger partial charge on any atom is -0.492 e. The molecule has 33 heavy (non-hydrogen) atoms. The largest absolute Gasteiger partial charge is 0.492 e. The van der Waals surface area contributed by atoms with Crippen molar-refractivity contribution in [3.05, 3.63) is 78.4 Å². The van der Waals surface area contributed by atoms with Gasteiger partial charge in [0.05, 0.1) is 11.3 Å². The predicted octanol–water partition coefficient (Wildman–Crippen LogP) is 5.70. The Kier molecular flexibility index (Phi) is 7.22. The lowest BCUT2D eigenvalue weighted by Gasteiger charge is -2.22. The van der Waals surface area contributed by atoms with Gasteiger partial charge in [-0.05, 0) is 69.6 Å². The monoisotopic (exact) mass is 461 g/mol. The van der Waals surface area contributed by atoms with Gasteiger partial charge < -0.3 is 14.4 Å². The Morgan fingerprint density at radius 2 is 1.64 bits per heavy atom. The molecule has 4 aromatic rings. The van der Waals surface area contributed by atoms with E-state index in [4.69, 9.17) is 14.5 Å². The highest BCUT2D eigenvalue weighted by Gasteiger charge is 2.22. The molecule has 0 spiro atoms. The summed E-state index contributed by atoms with van der Waals surface area (Å²) in [5.41, 5.74) is 1.37. The summed E-state index contributed by atoms with van der Waals surface area (Å²) >= 11 is 1.50. The third-order valence-corrected chi connectivity index (χ3v) is 6.04. The third-order valence-electron chi connectivity index (χ3n) is 5.00. The number of rotatable bonds is 9. The molecule has 0 aliphatic heterocycles. The van der Waals surface area contributed by atoms with Crippen LogP contribution in [-0.4, -0.2) is 49.6 Å². The quantitative estimate of drug-likeness (QED) is 0.320. The van der Waals surface area contributed by atoms with E-state index in [0.29, 0.717) is 29.6 Å². The summed E-state index contributed by atoms with van der Waals surface area (Å²) in [4.78, 5) is 22.1. The molecule has 6 nitrogen and oxygen atoms in total. The number of ether oxygens (including phenoxy) is 2. The molecule has 0 aliphatic rings. The molecule has 0 radical (unpaired) electrons. The number of aromatic nitrogens is 1. The number of likely N-dealkylation sites (N-methyl/N-ethyl adjacent to an activating group) is 1. The van der Waals surface area contributed by atoms with Crippen molar-refractivity contribution in [2.24, 2.45) is 0 Å². The minimum atomic E-state index is -0.0971. The summed E-state index contributed by atoms with van der Waals surface area (Å²) in [6.45, 7) is 3.75. The average molecular weight is 462 g/mol. The number of anilines is 1. The maximum Gasteiger partial charge on any atom is 0.260 e. The molecule has 1 amide bonds. The van der Waals surface area contributed by atoms with Crippen LogP contribution >= 0.6 is 11.3 Å². The van der Waals surface area contributed by atoms with Gasteiger partial charge in [-0.15, -0.1) is 0 Å². The number of nitrogens with zero attached hydrogens (tertiary/aromatic N) is 3. The van der Waals surface area contributed by atoms with Crippen LogP contribution in [0.3, 0.4) is 0 Å². The number of carbonyl (C=O) groups excluding carboxylic acids is 1. The van der Waals surface area contributed by atoms with E-state index in [9.17, 15) is 4.79 Å². The number of thiazole rings is 1. The molecule has 1 heterocycles. The number of hydrogen-bond donors (Lipinski definition) is 0. The van der Waals surface area contributed by atoms with Crippen LogP contribution in [0.4, 0.5) is 5.13 Å². The van der Waals surface area contributed by atoms with Gasteiger partial charge in [-0.3, -0.25) is 9.69 Å². The van der Waals surface area contributed by atoms with Crippen LogP contribution < -0.4 is 14.4 Å². The van der Waals surface area contributed by atoms with Crippen molar-refractivity contribution < 1.29 is 14.3 Å². The van der Waals surface area contributed by atoms with Crippen LogP contribution in [0.1, 0.15) is 17.3 Å². The normalized spacial score (nSPS) is 11.0. The molecule has 4 rings (SSSR count). The number of amides is 1. The van der Waals surface area contributed by atoms with Crippen LogP contribution in [0.2, 0.25) is 0 Å². The highest BCUT2D eigenvalue weighted by Crippen LogP contribution is 2.35. The Morgan fingerprint density at radius 1 is 0.909 bits per heavy atom. The van der Waals surface area contributed by atoms with Crippen LogP contribution in [-0.2, 0) is 0 Å². The van der Waals surface area contributed by atoms with E-state index in [1.54, 1.807) is 17.0 Å². The van der Waals surface area contributed by atoms with E-state index < -0.39 is 0 Å². The maximum absolute atomic E-state index is 13.5. The van der Waals surface area contributed by atoms with Crippen LogP contribution in [0.15, 0.2) is 72.8 Å². The predicted molar refractivity (Wildman–Crippen MR) is 134 cm³/mol. The second-order valence-electron chi connectivity index (χ2n) is 7.73. The molecule has 0 fully saturated rings. The van der Waals surface area contributed by atoms with Crippen molar-refractivity contribution in [1.29, 1.82) is 0 Å². The van der Waals surface area contributed by atoms with Crippen molar-refractivity contribution in [2.45, 2.75) is 6.92 Å². The van der Waals surface area contributed by atoms with Crippen LogP contribution in [0.5, 0.6) is 17.2 Å². The fourth-order valence-corrected chi connectivity index (χ4v) is 4.34. The van der Waals surface area contributed by atoms with E-state index in [1.807, 2.05) is 81.7 Å². The molecular formula is C26H27N3O3S. The first-order valence-corrected chi connectivity index (χ1v) is 11.7. The molecule has 0 aliphatic carbocycles. The van der Waals surface area contributed by atoms with Gasteiger partial charge in [0, 0.05) is 18.7 Å². The Hall–Kier alpha value is -3.42. The zero-order valence-corrected chi connectivity index (χ0v) is 19.8. The number of fused-ring (bicyclic) bond motifs is 1. The van der Waals surface area contributed by atoms with Crippen molar-refractivity contribution in [3.63, 3.8) is 0 Å². The van der Waals surface area contributed by atoms with Gasteiger partial charge >= 0.3 is 0 Å². The molecule has 0 saturated carbocycles. The van der Waals surface area contributed by atoms with Gasteiger partial charge in [0.25, 0.3) is 5.91 Å². The molecular weight excluding hydrogens is 434 g/mol. The Bertz CT molecular complexity index is 1210. The van der Waals surface area contributed by atoms with Crippen LogP contribution in [0, 0.1) is 0 Å². The van der Waals surface area contributed by atoms with Crippen molar-refractivity contribution >= 4 is 32.6 Å². The van der Waals surface area contributed by atoms with Gasteiger partial charge in [-0.1, -0.05) is 35.6 Å². The first-order valence-electron chi connectivity index (χ1n) is 10.9. The maximum atomic E-state index is 13.5. The van der Waals surface area contributed by atoms with Gasteiger partial charge in [-0.2, -0.15) is 0 Å². The van der Waals surface area contributed by atoms with Crippen molar-refractivity contribution in [1.82, 2.24) is 9.88 Å². The first-order chi connectivity index (χ1) is 16.0. The fourth-order valence-electron chi connectivity index (χ4n) is 3.33. The standard InChI is InChI=1S/C26H27N3O3S/c1-4-31-22-11-8-12-23-24(22)27-26(33-23)29(18-17-28(2)3)25(30)19-13-15-21(16-14-19)32-20-9-6-5-7-10-20/h5-16H,4,17-18H2,1-3H3. The second kappa shape index (κ2) is 10.5. The topological polar surface area (TPSA) is 54.9 Å². The minimum absolute atomic E-state index is 0.0971. The van der Waals surface area contributed by atoms with E-state index in [-0.39, 0.29) is 5.91 Å². The van der Waals surface area contributed by atoms with E-state index >= 15 is 0 Å². The second-order valence-corrected chi connectivity index (χ2v) is 8.74. The fraction of sp³-hybridized carbons (Fsp3) is 0.231. The summed E-state index contributed by atoms with van der Waals surface area (Å²) < 4.78 is 12.6. The summed E-state index contributed by atoms with van der Waals surface area (Å²) in [6.07, 6.45) is 0. The lowest BCUT2D eigenvalue weighted by atomic mass is 10.2. The molecule has 0 N–H and O–H groups in total. The molecule has 7 heteroatoms. The summed E-state index contributed by atoms with van der Waals surface area (Å²) in [5.74, 6) is 2.07. The Labute approximate surface area is 198 Å². The number of hydrogen-bond acceptors (Lipinski definition) is 6. The smallest absolute Gasteiger partial charge is 0.260 e. The molecule has 1 aromatic heterocycles. The highest BCUT2D eigenvalue weighted by molar-refractivity contribution is 7.22. The molecule has 170 valence electrons. The molecule has 0 bridgehead atoms. The molecule has 3 aromatic carbocycles. The van der Waals surface area contributed by atoms with Crippen molar-refractivity contribution in [3.8, 4) is 17.2 Å². The Morgan fingerprint density at radius 3 is 2.33 bits per heavy atom. The number of benzene rings is 3. The lowest BCUT2D eigenvalue weighted by Crippen LogP contribution is -2.36. The zero-order valence-electron chi connectivity index (χ0n) is 19.0. The summed E-state index contributed by atoms with van der Waals surface area (Å²) in [5, 5.41) is 0.661. The number of para-hydroxylation sites is 2. The van der Waals surface area contributed by atoms with E-state index in [2.05, 4.69) is 4.90 Å². The molecule has 0 saturated heterocycles. The van der Waals surface area contributed by atoms with Crippen LogP contribution in [0.25, 0.3) is 10.2 Å². The zero-order chi connectivity index (χ0) is 23.2. The van der Waals surface area contributed by atoms with E-state index in [0.717, 1.165) is 28.3 Å². The SMILES string of the molecule is CCOc1cccc2sc(N(CCN(C)C)C(=O)c3ccc(Oc4ccccc4)cc3)nc12. The highest BCUT2D eigenvalue weighted by atomic mass is 32.1. The Balaban J connectivity index is 1.61. The van der Waals surface area contributed by atoms with Gasteiger partial charge in [0.15, 0.2) is 5.13 Å². The van der Waals surface area contributed by atoms with Gasteiger partial charge in [0.2, 0.25) is 0 Å². The third kappa shape index (κ3) is 5.50. The summed E-state index contributed by atoms with van der Waals surface area (Å²) in [7, 11) is 3.98. The molecule has 0 unspecified atom stereocenters. The summed E-state index contributed by atoms with van der Waals surface area (Å²) in [6, 6.07) is 22.7. The van der Waals surface area contributed by atoms with E-state index in [1.165, 1.54) is 11.3 Å². The molecule has 0 atom stereocenters. The average Bonchev–Trinajstić information content (AvgIpc) is 3.25. The number of carbonyl (C=O) groups is 1. The first kappa shape index (κ1) is 22.8. The van der Waals surface area contributed by atoms with Crippen molar-refractivity contribution in [2.75, 3.05) is 38.7 Å². The van der Waals surface area contributed by atoms with Gasteiger partial charge in [0.1, 0.15) is 22.8 Å².